The zero-order chi connectivity index (χ0) is 14.7. The third-order valence-electron chi connectivity index (χ3n) is 3.39. The molecule has 0 atom stereocenters. The van der Waals surface area contributed by atoms with E-state index in [1.54, 1.807) is 6.07 Å². The molecule has 0 bridgehead atoms. The van der Waals surface area contributed by atoms with Gasteiger partial charge in [-0.05, 0) is 31.0 Å². The molecule has 1 aromatic carbocycles. The summed E-state index contributed by atoms with van der Waals surface area (Å²) in [5, 5.41) is 4.08. The SMILES string of the molecule is Cc1cc(C(=O)NCCc2c[nH]c3ccccc23)ncn1. The number of amides is 1. The minimum Gasteiger partial charge on any atom is -0.361 e. The van der Waals surface area contributed by atoms with Crippen LogP contribution in [0, 0.1) is 6.92 Å². The fourth-order valence-electron chi connectivity index (χ4n) is 2.32. The first-order valence-electron chi connectivity index (χ1n) is 6.86. The molecule has 3 rings (SSSR count). The number of aromatic nitrogens is 3. The molecule has 106 valence electrons. The van der Waals surface area contributed by atoms with Crippen molar-refractivity contribution in [3.05, 3.63) is 59.8 Å². The Morgan fingerprint density at radius 2 is 2.14 bits per heavy atom. The highest BCUT2D eigenvalue weighted by Crippen LogP contribution is 2.17. The van der Waals surface area contributed by atoms with Crippen molar-refractivity contribution >= 4 is 16.8 Å². The number of aromatic amines is 1. The molecule has 1 amide bonds. The molecule has 0 fully saturated rings. The van der Waals surface area contributed by atoms with Gasteiger partial charge in [-0.15, -0.1) is 0 Å². The van der Waals surface area contributed by atoms with E-state index >= 15 is 0 Å². The number of nitrogens with zero attached hydrogens (tertiary/aromatic N) is 2. The number of aryl methyl sites for hydroxylation is 1. The predicted molar refractivity (Wildman–Crippen MR) is 81.1 cm³/mol. The van der Waals surface area contributed by atoms with Gasteiger partial charge in [-0.3, -0.25) is 4.79 Å². The highest BCUT2D eigenvalue weighted by Gasteiger charge is 2.08. The molecule has 5 heteroatoms. The van der Waals surface area contributed by atoms with Gasteiger partial charge in [0, 0.05) is 29.3 Å². The van der Waals surface area contributed by atoms with Crippen molar-refractivity contribution < 1.29 is 4.79 Å². The molecule has 2 heterocycles. The molecule has 0 radical (unpaired) electrons. The Morgan fingerprint density at radius 1 is 1.29 bits per heavy atom. The van der Waals surface area contributed by atoms with Gasteiger partial charge in [0.2, 0.25) is 0 Å². The summed E-state index contributed by atoms with van der Waals surface area (Å²) in [5.41, 5.74) is 3.50. The maximum atomic E-state index is 12.0. The number of H-pyrrole nitrogens is 1. The zero-order valence-electron chi connectivity index (χ0n) is 11.8. The second-order valence-electron chi connectivity index (χ2n) is 4.91. The van der Waals surface area contributed by atoms with E-state index in [1.165, 1.54) is 17.3 Å². The Labute approximate surface area is 122 Å². The van der Waals surface area contributed by atoms with Crippen LogP contribution in [0.25, 0.3) is 10.9 Å². The molecule has 0 unspecified atom stereocenters. The molecule has 0 saturated carbocycles. The summed E-state index contributed by atoms with van der Waals surface area (Å²) in [6.45, 7) is 2.41. The first-order valence-corrected chi connectivity index (χ1v) is 6.86. The van der Waals surface area contributed by atoms with Crippen molar-refractivity contribution in [1.82, 2.24) is 20.3 Å². The number of hydrogen-bond acceptors (Lipinski definition) is 3. The van der Waals surface area contributed by atoms with E-state index in [-0.39, 0.29) is 5.91 Å². The number of carbonyl (C=O) groups excluding carboxylic acids is 1. The van der Waals surface area contributed by atoms with Crippen LogP contribution < -0.4 is 5.32 Å². The van der Waals surface area contributed by atoms with Crippen LogP contribution >= 0.6 is 0 Å². The standard InChI is InChI=1S/C16H16N4O/c1-11-8-15(20-10-19-11)16(21)17-7-6-12-9-18-14-5-3-2-4-13(12)14/h2-5,8-10,18H,6-7H2,1H3,(H,17,21). The lowest BCUT2D eigenvalue weighted by Crippen LogP contribution is -2.26. The summed E-state index contributed by atoms with van der Waals surface area (Å²) in [7, 11) is 0. The summed E-state index contributed by atoms with van der Waals surface area (Å²) in [6.07, 6.45) is 4.18. The Bertz CT molecular complexity index is 779. The topological polar surface area (TPSA) is 70.7 Å². The van der Waals surface area contributed by atoms with Gasteiger partial charge in [-0.1, -0.05) is 18.2 Å². The van der Waals surface area contributed by atoms with Gasteiger partial charge >= 0.3 is 0 Å². The zero-order valence-corrected chi connectivity index (χ0v) is 11.8. The van der Waals surface area contributed by atoms with Crippen LogP contribution in [0.2, 0.25) is 0 Å². The van der Waals surface area contributed by atoms with Crippen molar-refractivity contribution in [1.29, 1.82) is 0 Å². The number of nitrogens with one attached hydrogen (secondary N) is 2. The fourth-order valence-corrected chi connectivity index (χ4v) is 2.32. The van der Waals surface area contributed by atoms with Crippen LogP contribution in [-0.4, -0.2) is 27.4 Å². The van der Waals surface area contributed by atoms with Gasteiger partial charge in [-0.2, -0.15) is 0 Å². The summed E-state index contributed by atoms with van der Waals surface area (Å²) in [6, 6.07) is 9.82. The lowest BCUT2D eigenvalue weighted by atomic mass is 10.1. The largest absolute Gasteiger partial charge is 0.361 e. The average molecular weight is 280 g/mol. The van der Waals surface area contributed by atoms with Crippen molar-refractivity contribution in [3.63, 3.8) is 0 Å². The van der Waals surface area contributed by atoms with E-state index in [1.807, 2.05) is 31.3 Å². The Kier molecular flexibility index (Phi) is 3.64. The monoisotopic (exact) mass is 280 g/mol. The number of fused-ring (bicyclic) bond motifs is 1. The number of carbonyl (C=O) groups is 1. The summed E-state index contributed by atoms with van der Waals surface area (Å²) in [4.78, 5) is 23.2. The maximum Gasteiger partial charge on any atom is 0.270 e. The third-order valence-corrected chi connectivity index (χ3v) is 3.39. The maximum absolute atomic E-state index is 12.0. The number of benzene rings is 1. The molecule has 0 aliphatic rings. The average Bonchev–Trinajstić information content (AvgIpc) is 2.91. The second kappa shape index (κ2) is 5.75. The third kappa shape index (κ3) is 2.91. The summed E-state index contributed by atoms with van der Waals surface area (Å²) >= 11 is 0. The first kappa shape index (κ1) is 13.3. The first-order chi connectivity index (χ1) is 10.2. The fraction of sp³-hybridized carbons (Fsp3) is 0.188. The molecule has 0 spiro atoms. The summed E-state index contributed by atoms with van der Waals surface area (Å²) in [5.74, 6) is -0.166. The molecule has 2 N–H and O–H groups in total. The van der Waals surface area contributed by atoms with Gasteiger partial charge in [0.25, 0.3) is 5.91 Å². The minimum atomic E-state index is -0.166. The Hall–Kier alpha value is -2.69. The van der Waals surface area contributed by atoms with Gasteiger partial charge in [0.1, 0.15) is 12.0 Å². The number of hydrogen-bond donors (Lipinski definition) is 2. The van der Waals surface area contributed by atoms with E-state index in [0.29, 0.717) is 12.2 Å². The minimum absolute atomic E-state index is 0.166. The highest BCUT2D eigenvalue weighted by molar-refractivity contribution is 5.92. The quantitative estimate of drug-likeness (QED) is 0.770. The molecule has 3 aromatic rings. The summed E-state index contributed by atoms with van der Waals surface area (Å²) < 4.78 is 0. The molecule has 5 nitrogen and oxygen atoms in total. The smallest absolute Gasteiger partial charge is 0.270 e. The second-order valence-corrected chi connectivity index (χ2v) is 4.91. The van der Waals surface area contributed by atoms with Crippen LogP contribution in [0.3, 0.4) is 0 Å². The highest BCUT2D eigenvalue weighted by atomic mass is 16.1. The van der Waals surface area contributed by atoms with Crippen LogP contribution in [-0.2, 0) is 6.42 Å². The molecule has 0 aliphatic heterocycles. The van der Waals surface area contributed by atoms with Crippen LogP contribution in [0.15, 0.2) is 42.9 Å². The van der Waals surface area contributed by atoms with E-state index in [2.05, 4.69) is 26.3 Å². The van der Waals surface area contributed by atoms with Crippen LogP contribution in [0.1, 0.15) is 21.7 Å². The lowest BCUT2D eigenvalue weighted by molar-refractivity contribution is 0.0949. The van der Waals surface area contributed by atoms with Gasteiger partial charge < -0.3 is 10.3 Å². The molecular weight excluding hydrogens is 264 g/mol. The Morgan fingerprint density at radius 3 is 3.00 bits per heavy atom. The van der Waals surface area contributed by atoms with Gasteiger partial charge in [-0.25, -0.2) is 9.97 Å². The van der Waals surface area contributed by atoms with Gasteiger partial charge in [0.05, 0.1) is 0 Å². The van der Waals surface area contributed by atoms with E-state index in [9.17, 15) is 4.79 Å². The van der Waals surface area contributed by atoms with Crippen molar-refractivity contribution in [3.8, 4) is 0 Å². The predicted octanol–water partition coefficient (Wildman–Crippen LogP) is 2.24. The van der Waals surface area contributed by atoms with Crippen molar-refractivity contribution in [2.75, 3.05) is 6.54 Å². The van der Waals surface area contributed by atoms with Crippen LogP contribution in [0.4, 0.5) is 0 Å². The van der Waals surface area contributed by atoms with E-state index in [4.69, 9.17) is 0 Å². The van der Waals surface area contributed by atoms with Crippen molar-refractivity contribution in [2.24, 2.45) is 0 Å². The van der Waals surface area contributed by atoms with E-state index in [0.717, 1.165) is 17.6 Å². The molecule has 0 aliphatic carbocycles. The van der Waals surface area contributed by atoms with Gasteiger partial charge in [0.15, 0.2) is 0 Å². The molecule has 0 saturated heterocycles. The molecule has 21 heavy (non-hydrogen) atoms. The number of rotatable bonds is 4. The molecule has 2 aromatic heterocycles. The Balaban J connectivity index is 1.62. The number of para-hydroxylation sites is 1. The van der Waals surface area contributed by atoms with E-state index < -0.39 is 0 Å². The van der Waals surface area contributed by atoms with Crippen molar-refractivity contribution in [2.45, 2.75) is 13.3 Å². The van der Waals surface area contributed by atoms with Crippen LogP contribution in [0.5, 0.6) is 0 Å². The molecular formula is C16H16N4O. The normalized spacial score (nSPS) is 10.7. The lowest BCUT2D eigenvalue weighted by Gasteiger charge is -2.04.